The molecule has 0 saturated carbocycles. The number of nitrogens with zero attached hydrogens (tertiary/aromatic N) is 1. The quantitative estimate of drug-likeness (QED) is 0.502. The van der Waals surface area contributed by atoms with Crippen LogP contribution in [0, 0.1) is 5.92 Å². The van der Waals surface area contributed by atoms with Crippen molar-refractivity contribution in [3.8, 4) is 0 Å². The summed E-state index contributed by atoms with van der Waals surface area (Å²) < 4.78 is 85.7. The van der Waals surface area contributed by atoms with Crippen molar-refractivity contribution in [2.45, 2.75) is 42.6 Å². The summed E-state index contributed by atoms with van der Waals surface area (Å²) in [4.78, 5) is 14.8. The van der Waals surface area contributed by atoms with Crippen molar-refractivity contribution >= 4 is 17.7 Å². The minimum absolute atomic E-state index is 0.00249. The van der Waals surface area contributed by atoms with E-state index in [2.05, 4.69) is 10.2 Å². The highest BCUT2D eigenvalue weighted by atomic mass is 32.2. The third-order valence-electron chi connectivity index (χ3n) is 5.69. The number of rotatable bonds is 5. The Labute approximate surface area is 180 Å². The van der Waals surface area contributed by atoms with Gasteiger partial charge in [0.05, 0.1) is 29.3 Å². The standard InChI is InChI=1S/C20H24F6N2O2S/c1-31-16-9-13(19(21,22)23)8-14(20(24,25)26)17(16)18(29)27-15-11-30-7-4-12(15)10-28-5-2-3-6-28/h8-9,12,15H,2-7,10-11H2,1H3,(H,27,29)/t12?,15-/m1/s1. The van der Waals surface area contributed by atoms with Gasteiger partial charge in [0.15, 0.2) is 0 Å². The molecule has 0 aliphatic carbocycles. The normalized spacial score (nSPS) is 23.2. The molecule has 0 spiro atoms. The molecular formula is C20H24F6N2O2S. The maximum absolute atomic E-state index is 13.6. The predicted octanol–water partition coefficient (Wildman–Crippen LogP) is 4.68. The van der Waals surface area contributed by atoms with Crippen LogP contribution in [0.5, 0.6) is 0 Å². The average Bonchev–Trinajstić information content (AvgIpc) is 3.20. The molecule has 1 unspecified atom stereocenters. The van der Waals surface area contributed by atoms with Gasteiger partial charge in [0, 0.05) is 18.0 Å². The Kier molecular flexibility index (Phi) is 7.47. The van der Waals surface area contributed by atoms with E-state index in [0.717, 1.165) is 25.9 Å². The van der Waals surface area contributed by atoms with E-state index in [1.165, 1.54) is 6.26 Å². The van der Waals surface area contributed by atoms with E-state index in [1.807, 2.05) is 0 Å². The number of nitrogens with one attached hydrogen (secondary N) is 1. The van der Waals surface area contributed by atoms with E-state index >= 15 is 0 Å². The number of halogens is 6. The molecule has 3 rings (SSSR count). The van der Waals surface area contributed by atoms with Crippen LogP contribution in [0.4, 0.5) is 26.3 Å². The van der Waals surface area contributed by atoms with Crippen molar-refractivity contribution in [2.75, 3.05) is 39.1 Å². The minimum Gasteiger partial charge on any atom is -0.379 e. The Bertz CT molecular complexity index is 793. The van der Waals surface area contributed by atoms with Crippen LogP contribution in [0.2, 0.25) is 0 Å². The topological polar surface area (TPSA) is 41.6 Å². The van der Waals surface area contributed by atoms with Gasteiger partial charge in [0.2, 0.25) is 0 Å². The van der Waals surface area contributed by atoms with Crippen LogP contribution in [-0.2, 0) is 17.1 Å². The van der Waals surface area contributed by atoms with Crippen molar-refractivity contribution in [1.82, 2.24) is 10.2 Å². The highest BCUT2D eigenvalue weighted by molar-refractivity contribution is 7.98. The zero-order valence-corrected chi connectivity index (χ0v) is 17.7. The van der Waals surface area contributed by atoms with Gasteiger partial charge >= 0.3 is 12.4 Å². The minimum atomic E-state index is -5.11. The molecule has 2 aliphatic heterocycles. The van der Waals surface area contributed by atoms with Crippen molar-refractivity contribution in [2.24, 2.45) is 5.92 Å². The molecule has 174 valence electrons. The largest absolute Gasteiger partial charge is 0.417 e. The molecule has 1 aromatic carbocycles. The number of thioether (sulfide) groups is 1. The van der Waals surface area contributed by atoms with Gasteiger partial charge < -0.3 is 15.0 Å². The van der Waals surface area contributed by atoms with Crippen LogP contribution in [0.3, 0.4) is 0 Å². The molecule has 0 radical (unpaired) electrons. The number of benzene rings is 1. The summed E-state index contributed by atoms with van der Waals surface area (Å²) in [5, 5.41) is 2.62. The third kappa shape index (κ3) is 5.87. The predicted molar refractivity (Wildman–Crippen MR) is 104 cm³/mol. The second kappa shape index (κ2) is 9.58. The van der Waals surface area contributed by atoms with Gasteiger partial charge in [-0.2, -0.15) is 26.3 Å². The number of hydrogen-bond acceptors (Lipinski definition) is 4. The lowest BCUT2D eigenvalue weighted by Crippen LogP contribution is -2.50. The molecule has 1 N–H and O–H groups in total. The van der Waals surface area contributed by atoms with Gasteiger partial charge in [-0.3, -0.25) is 4.79 Å². The van der Waals surface area contributed by atoms with Gasteiger partial charge in [-0.05, 0) is 56.7 Å². The summed E-state index contributed by atoms with van der Waals surface area (Å²) in [5.74, 6) is -1.04. The summed E-state index contributed by atoms with van der Waals surface area (Å²) >= 11 is 0.673. The molecule has 4 nitrogen and oxygen atoms in total. The van der Waals surface area contributed by atoms with Gasteiger partial charge in [0.25, 0.3) is 5.91 Å². The Balaban J connectivity index is 1.90. The summed E-state index contributed by atoms with van der Waals surface area (Å²) in [7, 11) is 0. The number of alkyl halides is 6. The first-order valence-electron chi connectivity index (χ1n) is 9.98. The number of amides is 1. The average molecular weight is 470 g/mol. The third-order valence-corrected chi connectivity index (χ3v) is 6.45. The Morgan fingerprint density at radius 1 is 1.16 bits per heavy atom. The Morgan fingerprint density at radius 3 is 2.42 bits per heavy atom. The molecule has 0 bridgehead atoms. The maximum atomic E-state index is 13.6. The second-order valence-electron chi connectivity index (χ2n) is 7.81. The Morgan fingerprint density at radius 2 is 1.84 bits per heavy atom. The summed E-state index contributed by atoms with van der Waals surface area (Å²) in [5.41, 5.74) is -3.80. The first-order valence-corrected chi connectivity index (χ1v) is 11.2. The monoisotopic (exact) mass is 470 g/mol. The van der Waals surface area contributed by atoms with Crippen LogP contribution in [0.25, 0.3) is 0 Å². The van der Waals surface area contributed by atoms with Crippen LogP contribution < -0.4 is 5.32 Å². The van der Waals surface area contributed by atoms with E-state index in [1.54, 1.807) is 0 Å². The van der Waals surface area contributed by atoms with Gasteiger partial charge in [0.1, 0.15) is 0 Å². The number of likely N-dealkylation sites (tertiary alicyclic amines) is 1. The number of ether oxygens (including phenoxy) is 1. The van der Waals surface area contributed by atoms with Gasteiger partial charge in [-0.15, -0.1) is 11.8 Å². The number of carbonyl (C=O) groups excluding carboxylic acids is 1. The van der Waals surface area contributed by atoms with E-state index in [-0.39, 0.29) is 23.5 Å². The van der Waals surface area contributed by atoms with Crippen LogP contribution >= 0.6 is 11.8 Å². The molecule has 2 atom stereocenters. The molecule has 31 heavy (non-hydrogen) atoms. The molecule has 2 fully saturated rings. The molecule has 11 heteroatoms. The molecule has 2 saturated heterocycles. The lowest BCUT2D eigenvalue weighted by atomic mass is 9.93. The maximum Gasteiger partial charge on any atom is 0.417 e. The summed E-state index contributed by atoms with van der Waals surface area (Å²) in [6.45, 7) is 3.22. The van der Waals surface area contributed by atoms with Crippen molar-refractivity contribution < 1.29 is 35.9 Å². The number of hydrogen-bond donors (Lipinski definition) is 1. The van der Waals surface area contributed by atoms with E-state index in [9.17, 15) is 31.1 Å². The lowest BCUT2D eigenvalue weighted by Gasteiger charge is -2.35. The van der Waals surface area contributed by atoms with Gasteiger partial charge in [-0.25, -0.2) is 0 Å². The van der Waals surface area contributed by atoms with Crippen molar-refractivity contribution in [1.29, 1.82) is 0 Å². The zero-order valence-electron chi connectivity index (χ0n) is 16.9. The molecule has 0 aromatic heterocycles. The summed E-state index contributed by atoms with van der Waals surface area (Å²) in [6, 6.07) is 0.0849. The second-order valence-corrected chi connectivity index (χ2v) is 8.66. The highest BCUT2D eigenvalue weighted by Gasteiger charge is 2.42. The van der Waals surface area contributed by atoms with E-state index in [0.29, 0.717) is 37.4 Å². The molecule has 1 amide bonds. The van der Waals surface area contributed by atoms with E-state index in [4.69, 9.17) is 4.74 Å². The fourth-order valence-corrected chi connectivity index (χ4v) is 4.75. The van der Waals surface area contributed by atoms with Crippen LogP contribution in [-0.4, -0.2) is 56.0 Å². The molecule has 1 aromatic rings. The van der Waals surface area contributed by atoms with Crippen molar-refractivity contribution in [3.05, 3.63) is 28.8 Å². The van der Waals surface area contributed by atoms with Crippen LogP contribution in [0.1, 0.15) is 40.7 Å². The first kappa shape index (κ1) is 24.2. The van der Waals surface area contributed by atoms with E-state index < -0.39 is 41.0 Å². The molecule has 2 aliphatic rings. The fourth-order valence-electron chi connectivity index (χ4n) is 4.10. The SMILES string of the molecule is CSc1cc(C(F)(F)F)cc(C(F)(F)F)c1C(=O)N[C@@H]1COCCC1CN1CCCC1. The fraction of sp³-hybridized carbons (Fsp3) is 0.650. The highest BCUT2D eigenvalue weighted by Crippen LogP contribution is 2.41. The van der Waals surface area contributed by atoms with Crippen LogP contribution in [0.15, 0.2) is 17.0 Å². The smallest absolute Gasteiger partial charge is 0.379 e. The molecule has 2 heterocycles. The first-order chi connectivity index (χ1) is 14.5. The lowest BCUT2D eigenvalue weighted by molar-refractivity contribution is -0.143. The molecular weight excluding hydrogens is 446 g/mol. The van der Waals surface area contributed by atoms with Crippen molar-refractivity contribution in [3.63, 3.8) is 0 Å². The Hall–Kier alpha value is -1.46. The number of carbonyl (C=O) groups is 1. The zero-order chi connectivity index (χ0) is 22.8. The summed E-state index contributed by atoms with van der Waals surface area (Å²) in [6.07, 6.45) is -5.92. The van der Waals surface area contributed by atoms with Gasteiger partial charge in [-0.1, -0.05) is 0 Å².